The van der Waals surface area contributed by atoms with Crippen molar-refractivity contribution in [2.45, 2.75) is 96.8 Å². The number of carbonyl (C=O) groups excluding carboxylic acids is 2. The first-order valence-corrected chi connectivity index (χ1v) is 38.2. The molecule has 0 aliphatic carbocycles. The molecule has 0 N–H and O–H groups in total. The summed E-state index contributed by atoms with van der Waals surface area (Å²) in [6.45, 7) is 16.2. The van der Waals surface area contributed by atoms with E-state index < -0.39 is 50.3 Å². The van der Waals surface area contributed by atoms with E-state index in [1.165, 1.54) is 0 Å². The van der Waals surface area contributed by atoms with Crippen molar-refractivity contribution in [1.29, 1.82) is 0 Å². The van der Waals surface area contributed by atoms with Crippen molar-refractivity contribution in [3.05, 3.63) is 47.5 Å². The zero-order valence-electron chi connectivity index (χ0n) is 42.0. The van der Waals surface area contributed by atoms with E-state index >= 15 is 0 Å². The van der Waals surface area contributed by atoms with Gasteiger partial charge in [0.2, 0.25) is 0 Å². The molecule has 0 fully saturated rings. The van der Waals surface area contributed by atoms with Gasteiger partial charge in [-0.2, -0.15) is 0 Å². The summed E-state index contributed by atoms with van der Waals surface area (Å²) in [4.78, 5) is 29.3. The number of hydrogen-bond acceptors (Lipinski definition) is 17. The fourth-order valence-corrected chi connectivity index (χ4v) is 48.5. The van der Waals surface area contributed by atoms with E-state index in [2.05, 4.69) is 27.7 Å². The topological polar surface area (TPSA) is 173 Å². The van der Waals surface area contributed by atoms with Gasteiger partial charge >= 0.3 is 388 Å². The van der Waals surface area contributed by atoms with Crippen LogP contribution in [0.2, 0.25) is 17.7 Å². The number of fused-ring (bicyclic) bond motifs is 2. The molecule has 0 radical (unpaired) electrons. The van der Waals surface area contributed by atoms with Gasteiger partial charge in [0, 0.05) is 0 Å². The number of hydrogen-bond donors (Lipinski definition) is 0. The first-order chi connectivity index (χ1) is 33.9. The molecule has 0 saturated heterocycles. The van der Waals surface area contributed by atoms with Crippen molar-refractivity contribution in [3.8, 4) is 23.0 Å². The van der Waals surface area contributed by atoms with Gasteiger partial charge in [-0.1, -0.05) is 0 Å². The van der Waals surface area contributed by atoms with E-state index in [1.807, 2.05) is 0 Å². The minimum atomic E-state index is -4.48. The molecule has 17 nitrogen and oxygen atoms in total. The summed E-state index contributed by atoms with van der Waals surface area (Å²) in [6, 6.07) is 10.2. The van der Waals surface area contributed by atoms with E-state index in [0.29, 0.717) is 158 Å². The summed E-state index contributed by atoms with van der Waals surface area (Å²) < 4.78 is 93.7. The van der Waals surface area contributed by atoms with Crippen LogP contribution in [0.25, 0.3) is 0 Å². The first kappa shape index (κ1) is 59.4. The Labute approximate surface area is 421 Å². The Hall–Kier alpha value is -2.18. The molecule has 0 aromatic heterocycles. The van der Waals surface area contributed by atoms with Gasteiger partial charge in [-0.15, -0.1) is 0 Å². The molecule has 0 atom stereocenters. The molecule has 2 aliphatic heterocycles. The number of benzene rings is 2. The predicted molar refractivity (Wildman–Crippen MR) is 264 cm³/mol. The molecule has 2 aromatic carbocycles. The van der Waals surface area contributed by atoms with E-state index in [-0.39, 0.29) is 26.4 Å². The molecule has 0 spiro atoms. The Bertz CT molecular complexity index is 1550. The van der Waals surface area contributed by atoms with Crippen LogP contribution in [0.15, 0.2) is 36.4 Å². The average Bonchev–Trinajstić information content (AvgIpc) is 3.35. The van der Waals surface area contributed by atoms with Crippen LogP contribution in [0, 0.1) is 0 Å². The van der Waals surface area contributed by atoms with E-state index in [9.17, 15) is 9.59 Å². The Morgan fingerprint density at radius 3 is 0.884 bits per heavy atom. The summed E-state index contributed by atoms with van der Waals surface area (Å²) in [7, 11) is 0. The standard InChI is InChI=1S/2C17H24O8.4C4H9.O.2Sn/c2*18-17(19)14-1-2-15-16(13-14)25-12-10-23-8-6-21-4-3-20-5-7-22-9-11-24-15;4*1-3-4-2;;;/h2*1-2,13H,3-12H2,(H,18,19);4*1,3-4H2,2H3;;;/q;;;;;;;2*+1/p-2. The number of rotatable bonds is 18. The molecule has 4 rings (SSSR count). The zero-order chi connectivity index (χ0) is 49.1. The third-order valence-electron chi connectivity index (χ3n) is 11.1. The predicted octanol–water partition coefficient (Wildman–Crippen LogP) is 8.48. The maximum atomic E-state index is 14.6. The Balaban J connectivity index is 1.63. The zero-order valence-corrected chi connectivity index (χ0v) is 47.7. The molecule has 0 bridgehead atoms. The average molecular weight is 1190 g/mol. The fraction of sp³-hybridized carbons (Fsp3) is 0.720. The molecule has 2 aromatic rings. The van der Waals surface area contributed by atoms with Crippen molar-refractivity contribution in [1.82, 2.24) is 0 Å². The van der Waals surface area contributed by atoms with Crippen LogP contribution < -0.4 is 18.9 Å². The van der Waals surface area contributed by atoms with Crippen LogP contribution in [-0.4, -0.2) is 182 Å². The van der Waals surface area contributed by atoms with Gasteiger partial charge < -0.3 is 9.47 Å². The van der Waals surface area contributed by atoms with Gasteiger partial charge in [-0.05, 0) is 0 Å². The fourth-order valence-electron chi connectivity index (χ4n) is 7.38. The molecule has 69 heavy (non-hydrogen) atoms. The number of ether oxygens (including phenoxy) is 12. The maximum absolute atomic E-state index is 14.6. The van der Waals surface area contributed by atoms with Crippen LogP contribution in [0.5, 0.6) is 23.0 Å². The van der Waals surface area contributed by atoms with Crippen molar-refractivity contribution in [3.63, 3.8) is 0 Å². The normalized spacial score (nSPS) is 17.6. The first-order valence-electron chi connectivity index (χ1n) is 25.4. The van der Waals surface area contributed by atoms with Crippen molar-refractivity contribution in [2.75, 3.05) is 132 Å². The molecule has 0 amide bonds. The quantitative estimate of drug-likeness (QED) is 0.130. The van der Waals surface area contributed by atoms with Crippen molar-refractivity contribution < 1.29 is 74.0 Å². The van der Waals surface area contributed by atoms with Crippen LogP contribution in [-0.2, 0) is 45.5 Å². The van der Waals surface area contributed by atoms with Gasteiger partial charge in [0.1, 0.15) is 0 Å². The van der Waals surface area contributed by atoms with Crippen molar-refractivity contribution >= 4 is 50.3 Å². The van der Waals surface area contributed by atoms with E-state index in [4.69, 9.17) is 64.4 Å². The van der Waals surface area contributed by atoms with E-state index in [0.717, 1.165) is 51.4 Å². The summed E-state index contributed by atoms with van der Waals surface area (Å²) in [5.41, 5.74) is 0.645. The number of carbonyl (C=O) groups is 2. The van der Waals surface area contributed by atoms with Gasteiger partial charge in [0.15, 0.2) is 0 Å². The van der Waals surface area contributed by atoms with Gasteiger partial charge in [-0.3, -0.25) is 0 Å². The molecule has 392 valence electrons. The molecule has 2 heterocycles. The molecular weight excluding hydrogens is 1110 g/mol. The molecule has 19 heteroatoms. The summed E-state index contributed by atoms with van der Waals surface area (Å²) >= 11 is -8.96. The third kappa shape index (κ3) is 23.9. The SMILES string of the molecule is CCC[CH2][Sn]([CH2]CCC)([O]C(=O)c1ccc2c(c1)OCCOCCOCCOCCOCCO2)[O][Sn]([CH2]CCC)([CH2]CCC)[O]C(=O)c1ccc2c(c1)OCCOCCOCCOCCOCCO2. The van der Waals surface area contributed by atoms with Gasteiger partial charge in [-0.25, -0.2) is 0 Å². The second kappa shape index (κ2) is 36.7. The van der Waals surface area contributed by atoms with E-state index in [1.54, 1.807) is 36.4 Å². The molecule has 0 unspecified atom stereocenters. The summed E-state index contributed by atoms with van der Waals surface area (Å²) in [5, 5.41) is 0. The van der Waals surface area contributed by atoms with Crippen LogP contribution in [0.1, 0.15) is 99.8 Å². The third-order valence-corrected chi connectivity index (χ3v) is 43.4. The second-order valence-electron chi connectivity index (χ2n) is 16.7. The summed E-state index contributed by atoms with van der Waals surface area (Å²) in [6.07, 6.45) is 6.86. The second-order valence-corrected chi connectivity index (χ2v) is 38.5. The van der Waals surface area contributed by atoms with Gasteiger partial charge in [0.25, 0.3) is 0 Å². The minimum absolute atomic E-state index is 0.226. The van der Waals surface area contributed by atoms with Gasteiger partial charge in [0.05, 0.1) is 26.4 Å². The monoisotopic (exact) mass is 1190 g/mol. The summed E-state index contributed by atoms with van der Waals surface area (Å²) in [5.74, 6) is 0.766. The molecule has 2 aliphatic rings. The number of unbranched alkanes of at least 4 members (excludes halogenated alkanes) is 4. The van der Waals surface area contributed by atoms with Crippen LogP contribution in [0.4, 0.5) is 0 Å². The Kier molecular flexibility index (Phi) is 31.6. The molecule has 0 saturated carbocycles. The Morgan fingerprint density at radius 1 is 0.377 bits per heavy atom. The van der Waals surface area contributed by atoms with Crippen LogP contribution >= 0.6 is 0 Å². The van der Waals surface area contributed by atoms with Crippen molar-refractivity contribution in [2.24, 2.45) is 0 Å². The Morgan fingerprint density at radius 2 is 0.623 bits per heavy atom. The molecular formula is C50H82O17Sn2. The van der Waals surface area contributed by atoms with Crippen LogP contribution in [0.3, 0.4) is 0 Å².